The number of aromatic nitrogens is 2. The minimum Gasteiger partial charge on any atom is -0.495 e. The molecule has 0 saturated carbocycles. The summed E-state index contributed by atoms with van der Waals surface area (Å²) < 4.78 is 5.32. The Balaban J connectivity index is 2.47. The van der Waals surface area contributed by atoms with Gasteiger partial charge in [-0.2, -0.15) is 5.26 Å². The van der Waals surface area contributed by atoms with Crippen molar-refractivity contribution < 1.29 is 4.74 Å². The van der Waals surface area contributed by atoms with Crippen molar-refractivity contribution in [1.82, 2.24) is 9.97 Å². The average molecular weight is 254 g/mol. The number of hydrogen-bond donors (Lipinski definition) is 0. The van der Waals surface area contributed by atoms with Crippen LogP contribution in [0.25, 0.3) is 0 Å². The molecule has 0 saturated heterocycles. The van der Waals surface area contributed by atoms with E-state index in [-0.39, 0.29) is 0 Å². The molecule has 5 nitrogen and oxygen atoms in total. The summed E-state index contributed by atoms with van der Waals surface area (Å²) in [6, 6.07) is 11.3. The molecule has 0 aliphatic heterocycles. The summed E-state index contributed by atoms with van der Waals surface area (Å²) in [4.78, 5) is 10.3. The van der Waals surface area contributed by atoms with E-state index in [0.717, 1.165) is 11.4 Å². The molecule has 5 heteroatoms. The zero-order valence-corrected chi connectivity index (χ0v) is 11.1. The van der Waals surface area contributed by atoms with Gasteiger partial charge < -0.3 is 9.64 Å². The van der Waals surface area contributed by atoms with Gasteiger partial charge in [-0.3, -0.25) is 0 Å². The van der Waals surface area contributed by atoms with Gasteiger partial charge in [0.1, 0.15) is 29.2 Å². The van der Waals surface area contributed by atoms with Crippen molar-refractivity contribution in [2.75, 3.05) is 19.1 Å². The molecule has 2 aromatic rings. The molecule has 2 rings (SSSR count). The predicted molar refractivity (Wildman–Crippen MR) is 72.5 cm³/mol. The largest absolute Gasteiger partial charge is 0.495 e. The van der Waals surface area contributed by atoms with Crippen LogP contribution in [-0.4, -0.2) is 24.1 Å². The molecule has 0 bridgehead atoms. The summed E-state index contributed by atoms with van der Waals surface area (Å²) in [5.41, 5.74) is 1.23. The average Bonchev–Trinajstić information content (AvgIpc) is 2.45. The van der Waals surface area contributed by atoms with Crippen molar-refractivity contribution in [2.45, 2.75) is 6.92 Å². The fourth-order valence-electron chi connectivity index (χ4n) is 1.81. The van der Waals surface area contributed by atoms with Crippen molar-refractivity contribution in [2.24, 2.45) is 0 Å². The van der Waals surface area contributed by atoms with E-state index in [1.165, 1.54) is 0 Å². The molecule has 96 valence electrons. The van der Waals surface area contributed by atoms with Crippen LogP contribution in [0.1, 0.15) is 11.5 Å². The van der Waals surface area contributed by atoms with Crippen LogP contribution in [0.5, 0.6) is 5.75 Å². The zero-order chi connectivity index (χ0) is 13.8. The standard InChI is InChI=1S/C14H14N4O/c1-10-16-11(9-15)8-14(17-10)18(2)12-6-4-5-7-13(12)19-3/h4-8H,1-3H3. The molecule has 0 atom stereocenters. The number of rotatable bonds is 3. The number of anilines is 2. The molecule has 1 heterocycles. The first-order chi connectivity index (χ1) is 9.15. The molecule has 19 heavy (non-hydrogen) atoms. The smallest absolute Gasteiger partial charge is 0.146 e. The van der Waals surface area contributed by atoms with E-state index in [1.807, 2.05) is 42.3 Å². The third kappa shape index (κ3) is 2.63. The van der Waals surface area contributed by atoms with E-state index >= 15 is 0 Å². The van der Waals surface area contributed by atoms with Crippen molar-refractivity contribution in [3.63, 3.8) is 0 Å². The Hall–Kier alpha value is -2.61. The SMILES string of the molecule is COc1ccccc1N(C)c1cc(C#N)nc(C)n1. The van der Waals surface area contributed by atoms with Crippen molar-refractivity contribution in [3.05, 3.63) is 41.9 Å². The summed E-state index contributed by atoms with van der Waals surface area (Å²) in [5, 5.41) is 8.96. The topological polar surface area (TPSA) is 62.0 Å². The third-order valence-corrected chi connectivity index (χ3v) is 2.73. The normalized spacial score (nSPS) is 9.79. The Labute approximate surface area is 112 Å². The second-order valence-corrected chi connectivity index (χ2v) is 4.00. The molecule has 0 spiro atoms. The Morgan fingerprint density at radius 3 is 2.68 bits per heavy atom. The number of methoxy groups -OCH3 is 1. The van der Waals surface area contributed by atoms with Crippen LogP contribution in [-0.2, 0) is 0 Å². The first-order valence-electron chi connectivity index (χ1n) is 5.78. The van der Waals surface area contributed by atoms with Crippen molar-refractivity contribution >= 4 is 11.5 Å². The molecule has 1 aromatic carbocycles. The predicted octanol–water partition coefficient (Wildman–Crippen LogP) is 2.43. The van der Waals surface area contributed by atoms with Crippen LogP contribution in [0, 0.1) is 18.3 Å². The minimum atomic E-state index is 0.351. The monoisotopic (exact) mass is 254 g/mol. The maximum Gasteiger partial charge on any atom is 0.146 e. The lowest BCUT2D eigenvalue weighted by Crippen LogP contribution is -2.13. The van der Waals surface area contributed by atoms with Crippen molar-refractivity contribution in [1.29, 1.82) is 5.26 Å². The number of para-hydroxylation sites is 2. The van der Waals surface area contributed by atoms with Gasteiger partial charge in [0.2, 0.25) is 0 Å². The van der Waals surface area contributed by atoms with Gasteiger partial charge in [0.05, 0.1) is 12.8 Å². The van der Waals surface area contributed by atoms with Crippen LogP contribution in [0.15, 0.2) is 30.3 Å². The van der Waals surface area contributed by atoms with Gasteiger partial charge in [0.15, 0.2) is 0 Å². The highest BCUT2D eigenvalue weighted by atomic mass is 16.5. The Bertz CT molecular complexity index is 634. The molecule has 0 N–H and O–H groups in total. The maximum atomic E-state index is 8.96. The lowest BCUT2D eigenvalue weighted by atomic mass is 10.2. The van der Waals surface area contributed by atoms with Crippen LogP contribution in [0.4, 0.5) is 11.5 Å². The number of hydrogen-bond acceptors (Lipinski definition) is 5. The van der Waals surface area contributed by atoms with Gasteiger partial charge in [-0.1, -0.05) is 12.1 Å². The van der Waals surface area contributed by atoms with E-state index in [1.54, 1.807) is 20.1 Å². The second kappa shape index (κ2) is 5.36. The Morgan fingerprint density at radius 1 is 1.26 bits per heavy atom. The number of nitrogens with zero attached hydrogens (tertiary/aromatic N) is 4. The highest BCUT2D eigenvalue weighted by Gasteiger charge is 2.12. The Morgan fingerprint density at radius 2 is 2.00 bits per heavy atom. The summed E-state index contributed by atoms with van der Waals surface area (Å²) in [7, 11) is 3.50. The Kier molecular flexibility index (Phi) is 3.62. The van der Waals surface area contributed by atoms with E-state index in [4.69, 9.17) is 10.00 Å². The molecule has 0 unspecified atom stereocenters. The summed E-state index contributed by atoms with van der Waals surface area (Å²) in [5.74, 6) is 1.98. The van der Waals surface area contributed by atoms with Crippen LogP contribution >= 0.6 is 0 Å². The highest BCUT2D eigenvalue weighted by Crippen LogP contribution is 2.31. The molecule has 0 fully saturated rings. The van der Waals surface area contributed by atoms with Crippen LogP contribution in [0.3, 0.4) is 0 Å². The van der Waals surface area contributed by atoms with Gasteiger partial charge in [-0.05, 0) is 19.1 Å². The summed E-state index contributed by atoms with van der Waals surface area (Å²) in [6.07, 6.45) is 0. The number of benzene rings is 1. The van der Waals surface area contributed by atoms with Gasteiger partial charge >= 0.3 is 0 Å². The molecule has 1 aromatic heterocycles. The number of ether oxygens (including phenoxy) is 1. The molecule has 0 aliphatic rings. The molecular weight excluding hydrogens is 240 g/mol. The van der Waals surface area contributed by atoms with E-state index in [0.29, 0.717) is 17.3 Å². The second-order valence-electron chi connectivity index (χ2n) is 4.00. The van der Waals surface area contributed by atoms with Gasteiger partial charge in [0, 0.05) is 13.1 Å². The van der Waals surface area contributed by atoms with Gasteiger partial charge in [-0.15, -0.1) is 0 Å². The summed E-state index contributed by atoms with van der Waals surface area (Å²) in [6.45, 7) is 1.76. The first-order valence-corrected chi connectivity index (χ1v) is 5.78. The van der Waals surface area contributed by atoms with Crippen LogP contribution < -0.4 is 9.64 Å². The van der Waals surface area contributed by atoms with Crippen molar-refractivity contribution in [3.8, 4) is 11.8 Å². The lowest BCUT2D eigenvalue weighted by molar-refractivity contribution is 0.415. The maximum absolute atomic E-state index is 8.96. The fourth-order valence-corrected chi connectivity index (χ4v) is 1.81. The van der Waals surface area contributed by atoms with Gasteiger partial charge in [-0.25, -0.2) is 9.97 Å². The molecule has 0 radical (unpaired) electrons. The fraction of sp³-hybridized carbons (Fsp3) is 0.214. The lowest BCUT2D eigenvalue weighted by Gasteiger charge is -2.20. The number of aryl methyl sites for hydroxylation is 1. The first kappa shape index (κ1) is 12.8. The molecular formula is C14H14N4O. The minimum absolute atomic E-state index is 0.351. The quantitative estimate of drug-likeness (QED) is 0.841. The number of nitriles is 1. The highest BCUT2D eigenvalue weighted by molar-refractivity contribution is 5.66. The molecule has 0 aliphatic carbocycles. The molecule has 0 amide bonds. The van der Waals surface area contributed by atoms with E-state index < -0.39 is 0 Å². The third-order valence-electron chi connectivity index (χ3n) is 2.73. The van der Waals surface area contributed by atoms with E-state index in [9.17, 15) is 0 Å². The van der Waals surface area contributed by atoms with Crippen LogP contribution in [0.2, 0.25) is 0 Å². The zero-order valence-electron chi connectivity index (χ0n) is 11.1. The summed E-state index contributed by atoms with van der Waals surface area (Å²) >= 11 is 0. The van der Waals surface area contributed by atoms with Gasteiger partial charge in [0.25, 0.3) is 0 Å². The van der Waals surface area contributed by atoms with E-state index in [2.05, 4.69) is 9.97 Å².